The van der Waals surface area contributed by atoms with E-state index in [1.54, 1.807) is 17.6 Å². The number of aromatic nitrogens is 2. The van der Waals surface area contributed by atoms with Crippen LogP contribution in [0.2, 0.25) is 0 Å². The van der Waals surface area contributed by atoms with Crippen LogP contribution in [0.1, 0.15) is 11.3 Å². The van der Waals surface area contributed by atoms with Crippen LogP contribution in [0.4, 0.5) is 5.69 Å². The summed E-state index contributed by atoms with van der Waals surface area (Å²) in [5.41, 5.74) is 7.50. The molecule has 0 aliphatic rings. The molecule has 1 aromatic carbocycles. The molecule has 0 amide bonds. The molecule has 12 heteroatoms. The Kier molecular flexibility index (Phi) is 5.02. The van der Waals surface area contributed by atoms with Gasteiger partial charge < -0.3 is 20.9 Å². The van der Waals surface area contributed by atoms with Crippen LogP contribution >= 0.6 is 0 Å². The highest BCUT2D eigenvalue weighted by Gasteiger charge is 2.15. The minimum absolute atomic E-state index is 0.139. The molecule has 0 radical (unpaired) electrons. The fourth-order valence-corrected chi connectivity index (χ4v) is 2.07. The summed E-state index contributed by atoms with van der Waals surface area (Å²) in [4.78, 5) is 38.7. The third-order valence-electron chi connectivity index (χ3n) is 3.09. The minimum Gasteiger partial charge on any atom is -0.493 e. The van der Waals surface area contributed by atoms with Crippen LogP contribution < -0.4 is 16.8 Å². The highest BCUT2D eigenvalue weighted by atomic mass is 16.7. The van der Waals surface area contributed by atoms with Crippen molar-refractivity contribution in [2.24, 2.45) is 10.7 Å². The number of aromatic hydroxyl groups is 1. The van der Waals surface area contributed by atoms with Crippen molar-refractivity contribution in [1.29, 1.82) is 0 Å². The number of hydrazine groups is 1. The molecule has 0 atom stereocenters. The molecule has 0 aliphatic carbocycles. The van der Waals surface area contributed by atoms with E-state index in [1.807, 2.05) is 0 Å². The second kappa shape index (κ2) is 7.16. The van der Waals surface area contributed by atoms with Crippen LogP contribution in [0, 0.1) is 10.1 Å². The number of carboxylic acids is 1. The van der Waals surface area contributed by atoms with Gasteiger partial charge in [0.1, 0.15) is 6.54 Å². The highest BCUT2D eigenvalue weighted by molar-refractivity contribution is 5.79. The van der Waals surface area contributed by atoms with Crippen molar-refractivity contribution < 1.29 is 20.0 Å². The molecule has 132 valence electrons. The Morgan fingerprint density at radius 1 is 1.40 bits per heavy atom. The largest absolute Gasteiger partial charge is 0.493 e. The first-order chi connectivity index (χ1) is 11.8. The van der Waals surface area contributed by atoms with Gasteiger partial charge in [-0.1, -0.05) is 17.6 Å². The predicted octanol–water partition coefficient (Wildman–Crippen LogP) is -0.715. The molecular formula is C13H14N6O6. The zero-order valence-electron chi connectivity index (χ0n) is 12.7. The van der Waals surface area contributed by atoms with Gasteiger partial charge in [0.2, 0.25) is 5.88 Å². The van der Waals surface area contributed by atoms with Gasteiger partial charge in [0, 0.05) is 6.42 Å². The number of imidazole rings is 1. The lowest BCUT2D eigenvalue weighted by Crippen LogP contribution is -2.35. The number of carboxylic acid groups (broad SMARTS) is 1. The maximum atomic E-state index is 11.6. The van der Waals surface area contributed by atoms with Crippen molar-refractivity contribution in [2.75, 3.05) is 0 Å². The lowest BCUT2D eigenvalue weighted by atomic mass is 10.1. The smallest absolute Gasteiger partial charge is 0.329 e. The first-order valence-electron chi connectivity index (χ1n) is 6.83. The van der Waals surface area contributed by atoms with E-state index in [1.165, 1.54) is 12.1 Å². The fourth-order valence-electron chi connectivity index (χ4n) is 2.07. The average molecular weight is 350 g/mol. The van der Waals surface area contributed by atoms with Gasteiger partial charge in [0.15, 0.2) is 5.03 Å². The van der Waals surface area contributed by atoms with Gasteiger partial charge in [-0.15, -0.1) is 0 Å². The van der Waals surface area contributed by atoms with E-state index < -0.39 is 29.1 Å². The number of H-pyrrole nitrogens is 1. The fraction of sp³-hybridized carbons (Fsp3) is 0.154. The average Bonchev–Trinajstić information content (AvgIpc) is 2.75. The lowest BCUT2D eigenvalue weighted by molar-refractivity contribution is -0.525. The number of aromatic amines is 1. The maximum Gasteiger partial charge on any atom is 0.329 e. The number of nitrogens with zero attached hydrogens (tertiary/aromatic N) is 3. The first kappa shape index (κ1) is 17.5. The van der Waals surface area contributed by atoms with E-state index >= 15 is 0 Å². The Balaban J connectivity index is 2.16. The van der Waals surface area contributed by atoms with Gasteiger partial charge in [-0.3, -0.25) is 9.36 Å². The number of aliphatic carboxylic acids is 1. The normalized spacial score (nSPS) is 11.3. The summed E-state index contributed by atoms with van der Waals surface area (Å²) in [6.45, 7) is -0.655. The Morgan fingerprint density at radius 2 is 2.04 bits per heavy atom. The summed E-state index contributed by atoms with van der Waals surface area (Å²) in [6.07, 6.45) is 0.139. The summed E-state index contributed by atoms with van der Waals surface area (Å²) < 4.78 is 0.709. The zero-order valence-corrected chi connectivity index (χ0v) is 12.7. The van der Waals surface area contributed by atoms with Crippen molar-refractivity contribution >= 4 is 17.6 Å². The molecule has 0 saturated carbocycles. The van der Waals surface area contributed by atoms with Gasteiger partial charge in [-0.05, 0) is 17.7 Å². The van der Waals surface area contributed by atoms with E-state index in [0.717, 1.165) is 0 Å². The van der Waals surface area contributed by atoms with Gasteiger partial charge in [0.25, 0.3) is 5.96 Å². The summed E-state index contributed by atoms with van der Waals surface area (Å²) in [5, 5.41) is 28.0. The predicted molar refractivity (Wildman–Crippen MR) is 85.0 cm³/mol. The summed E-state index contributed by atoms with van der Waals surface area (Å²) in [7, 11) is 0. The molecule has 0 aliphatic heterocycles. The maximum absolute atomic E-state index is 11.6. The van der Waals surface area contributed by atoms with Crippen LogP contribution in [0.3, 0.4) is 0 Å². The van der Waals surface area contributed by atoms with Crippen molar-refractivity contribution in [3.63, 3.8) is 0 Å². The van der Waals surface area contributed by atoms with Crippen LogP contribution in [0.5, 0.6) is 5.88 Å². The van der Waals surface area contributed by atoms with E-state index in [-0.39, 0.29) is 18.1 Å². The SMILES string of the molecule is NC(=Nc1ccc(Cc2[nH]c(=O)n(CC(=O)O)c2O)cc1)N[N+](=O)[O-]. The number of guanidine groups is 1. The van der Waals surface area contributed by atoms with Crippen LogP contribution in [-0.4, -0.2) is 36.7 Å². The number of carbonyl (C=O) groups is 1. The molecule has 2 aromatic rings. The van der Waals surface area contributed by atoms with Crippen molar-refractivity contribution in [1.82, 2.24) is 15.0 Å². The third-order valence-corrected chi connectivity index (χ3v) is 3.09. The Labute approximate surface area is 139 Å². The Morgan fingerprint density at radius 3 is 2.60 bits per heavy atom. The van der Waals surface area contributed by atoms with E-state index in [4.69, 9.17) is 10.8 Å². The van der Waals surface area contributed by atoms with Gasteiger partial charge in [-0.25, -0.2) is 19.9 Å². The van der Waals surface area contributed by atoms with Crippen LogP contribution in [0.25, 0.3) is 0 Å². The van der Waals surface area contributed by atoms with Gasteiger partial charge in [0.05, 0.1) is 11.4 Å². The number of nitro groups is 1. The molecule has 0 saturated heterocycles. The Bertz CT molecular complexity index is 881. The van der Waals surface area contributed by atoms with Crippen LogP contribution in [0.15, 0.2) is 34.1 Å². The standard InChI is InChI=1S/C13H14N6O6/c14-12(17-19(24)25)15-8-3-1-7(2-4-8)5-9-11(22)18(6-10(20)21)13(23)16-9/h1-4,22H,5-6H2,(H,16,23)(H,20,21)(H3,14,15,17). The molecule has 0 unspecified atom stereocenters. The number of benzene rings is 1. The molecule has 2 rings (SSSR count). The molecule has 25 heavy (non-hydrogen) atoms. The second-order valence-electron chi connectivity index (χ2n) is 4.92. The van der Waals surface area contributed by atoms with E-state index in [0.29, 0.717) is 15.8 Å². The zero-order chi connectivity index (χ0) is 18.6. The number of hydrogen-bond donors (Lipinski definition) is 5. The molecule has 0 spiro atoms. The number of nitrogens with two attached hydrogens (primary N) is 1. The first-order valence-corrected chi connectivity index (χ1v) is 6.83. The van der Waals surface area contributed by atoms with Crippen LogP contribution in [-0.2, 0) is 17.8 Å². The number of rotatable bonds is 6. The quantitative estimate of drug-likeness (QED) is 0.195. The van der Waals surface area contributed by atoms with Gasteiger partial charge in [-0.2, -0.15) is 0 Å². The molecule has 6 N–H and O–H groups in total. The van der Waals surface area contributed by atoms with Crippen molar-refractivity contribution in [3.8, 4) is 5.88 Å². The monoisotopic (exact) mass is 350 g/mol. The molecular weight excluding hydrogens is 336 g/mol. The van der Waals surface area contributed by atoms with Crippen molar-refractivity contribution in [2.45, 2.75) is 13.0 Å². The second-order valence-corrected chi connectivity index (χ2v) is 4.92. The Hall–Kier alpha value is -3.83. The minimum atomic E-state index is -1.26. The molecule has 1 aromatic heterocycles. The third kappa shape index (κ3) is 4.57. The molecule has 0 fully saturated rings. The highest BCUT2D eigenvalue weighted by Crippen LogP contribution is 2.19. The topological polar surface area (TPSA) is 189 Å². The number of hydrogen-bond acceptors (Lipinski definition) is 6. The molecule has 1 heterocycles. The summed E-state index contributed by atoms with van der Waals surface area (Å²) in [6, 6.07) is 6.30. The number of nitrogens with one attached hydrogen (secondary N) is 2. The van der Waals surface area contributed by atoms with E-state index in [9.17, 15) is 24.8 Å². The summed E-state index contributed by atoms with van der Waals surface area (Å²) >= 11 is 0. The van der Waals surface area contributed by atoms with E-state index in [2.05, 4.69) is 9.98 Å². The summed E-state index contributed by atoms with van der Waals surface area (Å²) in [5.74, 6) is -2.09. The van der Waals surface area contributed by atoms with Crippen molar-refractivity contribution in [3.05, 3.63) is 56.1 Å². The van der Waals surface area contributed by atoms with Gasteiger partial charge >= 0.3 is 11.7 Å². The molecule has 0 bridgehead atoms. The lowest BCUT2D eigenvalue weighted by Gasteiger charge is -2.03. The number of aliphatic imine (C=N–C) groups is 1. The molecule has 12 nitrogen and oxygen atoms in total.